The minimum atomic E-state index is -4.38. The van der Waals surface area contributed by atoms with Gasteiger partial charge in [0, 0.05) is 30.5 Å². The maximum absolute atomic E-state index is 13.2. The summed E-state index contributed by atoms with van der Waals surface area (Å²) in [5.41, 5.74) is 1.33. The van der Waals surface area contributed by atoms with Crippen molar-refractivity contribution in [1.29, 1.82) is 0 Å². The molecule has 1 aromatic heterocycles. The number of rotatable bonds is 10. The first-order valence-corrected chi connectivity index (χ1v) is 11.0. The summed E-state index contributed by atoms with van der Waals surface area (Å²) < 4.78 is 46.3. The second-order valence-electron chi connectivity index (χ2n) is 7.99. The molecule has 0 aliphatic carbocycles. The minimum Gasteiger partial charge on any atom is -0.497 e. The van der Waals surface area contributed by atoms with Gasteiger partial charge in [-0.3, -0.25) is 4.79 Å². The Hall–Kier alpha value is -3.22. The van der Waals surface area contributed by atoms with Crippen molar-refractivity contribution in [2.24, 2.45) is 0 Å². The summed E-state index contributed by atoms with van der Waals surface area (Å²) in [4.78, 5) is 15.0. The SMILES string of the molecule is CCCCCN(Cc1cccn1Cc1cccc(C(F)(F)F)c1)C(=O)c1ccc(OC)cc1. The Kier molecular flexibility index (Phi) is 8.20. The van der Waals surface area contributed by atoms with Crippen LogP contribution in [0, 0.1) is 0 Å². The normalized spacial score (nSPS) is 11.4. The lowest BCUT2D eigenvalue weighted by Crippen LogP contribution is -2.32. The molecule has 0 unspecified atom stereocenters. The highest BCUT2D eigenvalue weighted by Crippen LogP contribution is 2.29. The molecule has 0 fully saturated rings. The van der Waals surface area contributed by atoms with Gasteiger partial charge in [-0.2, -0.15) is 13.2 Å². The van der Waals surface area contributed by atoms with Crippen LogP contribution in [-0.4, -0.2) is 29.0 Å². The van der Waals surface area contributed by atoms with Gasteiger partial charge in [-0.25, -0.2) is 0 Å². The molecule has 0 spiro atoms. The number of hydrogen-bond donors (Lipinski definition) is 0. The fraction of sp³-hybridized carbons (Fsp3) is 0.346. The number of halogens is 3. The van der Waals surface area contributed by atoms with E-state index >= 15 is 0 Å². The maximum atomic E-state index is 13.2. The number of aromatic nitrogens is 1. The van der Waals surface area contributed by atoms with Crippen molar-refractivity contribution in [1.82, 2.24) is 9.47 Å². The Morgan fingerprint density at radius 2 is 1.79 bits per heavy atom. The highest BCUT2D eigenvalue weighted by Gasteiger charge is 2.30. The smallest absolute Gasteiger partial charge is 0.416 e. The van der Waals surface area contributed by atoms with Crippen molar-refractivity contribution >= 4 is 5.91 Å². The third kappa shape index (κ3) is 6.63. The number of hydrogen-bond acceptors (Lipinski definition) is 2. The molecular weight excluding hydrogens is 429 g/mol. The van der Waals surface area contributed by atoms with Gasteiger partial charge in [0.05, 0.1) is 19.2 Å². The van der Waals surface area contributed by atoms with E-state index in [1.807, 2.05) is 22.9 Å². The third-order valence-electron chi connectivity index (χ3n) is 5.54. The summed E-state index contributed by atoms with van der Waals surface area (Å²) in [7, 11) is 1.58. The highest BCUT2D eigenvalue weighted by molar-refractivity contribution is 5.94. The van der Waals surface area contributed by atoms with E-state index in [9.17, 15) is 18.0 Å². The van der Waals surface area contributed by atoms with Crippen LogP contribution in [0.1, 0.15) is 53.4 Å². The number of nitrogens with zero attached hydrogens (tertiary/aromatic N) is 2. The minimum absolute atomic E-state index is 0.0828. The van der Waals surface area contributed by atoms with Crippen LogP contribution in [-0.2, 0) is 19.3 Å². The number of unbranched alkanes of at least 4 members (excludes halogenated alkanes) is 2. The van der Waals surface area contributed by atoms with Crippen LogP contribution in [0.25, 0.3) is 0 Å². The number of methoxy groups -OCH3 is 1. The number of ether oxygens (including phenoxy) is 1. The average Bonchev–Trinajstić information content (AvgIpc) is 3.24. The van der Waals surface area contributed by atoms with Crippen LogP contribution in [0.2, 0.25) is 0 Å². The molecular formula is C26H29F3N2O2. The maximum Gasteiger partial charge on any atom is 0.416 e. The molecule has 0 saturated heterocycles. The van der Waals surface area contributed by atoms with Gasteiger partial charge in [0.25, 0.3) is 5.91 Å². The standard InChI is InChI=1S/C26H29F3N2O2/c1-3-4-5-15-31(25(32)21-11-13-24(33-2)14-12-21)19-23-10-7-16-30(23)18-20-8-6-9-22(17-20)26(27,28)29/h6-14,16-17H,3-5,15,18-19H2,1-2H3. The van der Waals surface area contributed by atoms with Crippen LogP contribution in [0.3, 0.4) is 0 Å². The summed E-state index contributed by atoms with van der Waals surface area (Å²) in [5.74, 6) is 0.597. The first kappa shape index (κ1) is 24.4. The van der Waals surface area contributed by atoms with Gasteiger partial charge in [-0.05, 0) is 60.5 Å². The lowest BCUT2D eigenvalue weighted by Gasteiger charge is -2.24. The molecule has 0 aliphatic heterocycles. The van der Waals surface area contributed by atoms with Crippen LogP contribution in [0.4, 0.5) is 13.2 Å². The fourth-order valence-electron chi connectivity index (χ4n) is 3.71. The van der Waals surface area contributed by atoms with Gasteiger partial charge >= 0.3 is 6.18 Å². The molecule has 7 heteroatoms. The lowest BCUT2D eigenvalue weighted by atomic mass is 10.1. The quantitative estimate of drug-likeness (QED) is 0.330. The Morgan fingerprint density at radius 1 is 1.03 bits per heavy atom. The zero-order chi connectivity index (χ0) is 23.8. The zero-order valence-electron chi connectivity index (χ0n) is 18.9. The molecule has 0 saturated carbocycles. The van der Waals surface area contributed by atoms with E-state index in [1.165, 1.54) is 12.1 Å². The largest absolute Gasteiger partial charge is 0.497 e. The van der Waals surface area contributed by atoms with E-state index in [2.05, 4.69) is 6.92 Å². The predicted molar refractivity (Wildman–Crippen MR) is 122 cm³/mol. The molecule has 0 atom stereocenters. The Morgan fingerprint density at radius 3 is 2.45 bits per heavy atom. The third-order valence-corrected chi connectivity index (χ3v) is 5.54. The van der Waals surface area contributed by atoms with Crippen LogP contribution >= 0.6 is 0 Å². The van der Waals surface area contributed by atoms with Crippen molar-refractivity contribution < 1.29 is 22.7 Å². The molecule has 4 nitrogen and oxygen atoms in total. The molecule has 0 bridgehead atoms. The lowest BCUT2D eigenvalue weighted by molar-refractivity contribution is -0.137. The van der Waals surface area contributed by atoms with Crippen molar-refractivity contribution in [2.45, 2.75) is 45.5 Å². The highest BCUT2D eigenvalue weighted by atomic mass is 19.4. The van der Waals surface area contributed by atoms with Crippen molar-refractivity contribution in [2.75, 3.05) is 13.7 Å². The van der Waals surface area contributed by atoms with Crippen LogP contribution in [0.5, 0.6) is 5.75 Å². The monoisotopic (exact) mass is 458 g/mol. The number of carbonyl (C=O) groups is 1. The summed E-state index contributed by atoms with van der Waals surface area (Å²) in [6.45, 7) is 3.38. The molecule has 0 N–H and O–H groups in total. The molecule has 1 amide bonds. The number of benzene rings is 2. The summed E-state index contributed by atoms with van der Waals surface area (Å²) >= 11 is 0. The second-order valence-corrected chi connectivity index (χ2v) is 7.99. The van der Waals surface area contributed by atoms with E-state index in [-0.39, 0.29) is 5.91 Å². The van der Waals surface area contributed by atoms with E-state index < -0.39 is 11.7 Å². The second kappa shape index (κ2) is 11.1. The topological polar surface area (TPSA) is 34.5 Å². The molecule has 2 aromatic carbocycles. The van der Waals surface area contributed by atoms with Crippen molar-refractivity contribution in [3.05, 3.63) is 89.2 Å². The molecule has 176 valence electrons. The molecule has 0 aliphatic rings. The average molecular weight is 459 g/mol. The number of amides is 1. The van der Waals surface area contributed by atoms with Gasteiger partial charge in [0.15, 0.2) is 0 Å². The van der Waals surface area contributed by atoms with Gasteiger partial charge in [0.1, 0.15) is 5.75 Å². The molecule has 3 rings (SSSR count). The Bertz CT molecular complexity index is 1040. The van der Waals surface area contributed by atoms with Gasteiger partial charge in [0.2, 0.25) is 0 Å². The predicted octanol–water partition coefficient (Wildman–Crippen LogP) is 6.40. The van der Waals surface area contributed by atoms with Crippen molar-refractivity contribution in [3.8, 4) is 5.75 Å². The molecule has 1 heterocycles. The number of alkyl halides is 3. The van der Waals surface area contributed by atoms with E-state index in [0.717, 1.165) is 31.0 Å². The summed E-state index contributed by atoms with van der Waals surface area (Å²) in [6, 6.07) is 16.1. The first-order valence-electron chi connectivity index (χ1n) is 11.0. The molecule has 33 heavy (non-hydrogen) atoms. The first-order chi connectivity index (χ1) is 15.8. The molecule has 0 radical (unpaired) electrons. The Labute approximate surface area is 192 Å². The van der Waals surface area contributed by atoms with Gasteiger partial charge < -0.3 is 14.2 Å². The summed E-state index contributed by atoms with van der Waals surface area (Å²) in [6.07, 6.45) is 0.384. The van der Waals surface area contributed by atoms with E-state index in [1.54, 1.807) is 42.3 Å². The van der Waals surface area contributed by atoms with E-state index in [0.29, 0.717) is 36.5 Å². The van der Waals surface area contributed by atoms with Crippen molar-refractivity contribution in [3.63, 3.8) is 0 Å². The fourth-order valence-corrected chi connectivity index (χ4v) is 3.71. The van der Waals surface area contributed by atoms with E-state index in [4.69, 9.17) is 4.74 Å². The Balaban J connectivity index is 1.79. The van der Waals surface area contributed by atoms with Gasteiger partial charge in [-0.15, -0.1) is 0 Å². The van der Waals surface area contributed by atoms with Crippen LogP contribution in [0.15, 0.2) is 66.9 Å². The summed E-state index contributed by atoms with van der Waals surface area (Å²) in [5, 5.41) is 0. The molecule has 3 aromatic rings. The van der Waals surface area contributed by atoms with Crippen LogP contribution < -0.4 is 4.74 Å². The zero-order valence-corrected chi connectivity index (χ0v) is 18.9. The number of carbonyl (C=O) groups excluding carboxylic acids is 1. The van der Waals surface area contributed by atoms with Gasteiger partial charge in [-0.1, -0.05) is 31.9 Å².